The molecule has 0 spiro atoms. The maximum atomic E-state index is 12.0. The average molecular weight is 358 g/mol. The van der Waals surface area contributed by atoms with E-state index in [1.807, 2.05) is 0 Å². The van der Waals surface area contributed by atoms with Crippen LogP contribution in [-0.4, -0.2) is 44.7 Å². The van der Waals surface area contributed by atoms with Crippen molar-refractivity contribution in [3.63, 3.8) is 0 Å². The van der Waals surface area contributed by atoms with E-state index in [4.69, 9.17) is 10.5 Å². The number of nitrogens with one attached hydrogen (secondary N) is 1. The summed E-state index contributed by atoms with van der Waals surface area (Å²) in [6.07, 6.45) is 1.71. The summed E-state index contributed by atoms with van der Waals surface area (Å²) in [5.41, 5.74) is 6.59. The number of hydrogen-bond donors (Lipinski definition) is 4. The number of H-pyrrole nitrogens is 1. The van der Waals surface area contributed by atoms with Crippen molar-refractivity contribution in [3.8, 4) is 11.3 Å². The van der Waals surface area contributed by atoms with E-state index < -0.39 is 30.3 Å². The molecule has 0 saturated heterocycles. The summed E-state index contributed by atoms with van der Waals surface area (Å²) in [5.74, 6) is -0.686. The molecule has 2 unspecified atom stereocenters. The first-order chi connectivity index (χ1) is 12.5. The summed E-state index contributed by atoms with van der Waals surface area (Å²) >= 11 is 0. The van der Waals surface area contributed by atoms with Gasteiger partial charge in [0.05, 0.1) is 25.3 Å². The van der Waals surface area contributed by atoms with Gasteiger partial charge in [-0.2, -0.15) is 5.10 Å². The molecule has 2 atom stereocenters. The number of aromatic nitrogens is 3. The molecule has 0 saturated carbocycles. The predicted octanol–water partition coefficient (Wildman–Crippen LogP) is 0.312. The lowest BCUT2D eigenvalue weighted by Gasteiger charge is -2.25. The molecule has 26 heavy (non-hydrogen) atoms. The van der Waals surface area contributed by atoms with Gasteiger partial charge in [-0.25, -0.2) is 9.89 Å². The fraction of sp³-hybridized carbons (Fsp3) is 0.235. The summed E-state index contributed by atoms with van der Waals surface area (Å²) < 4.78 is 6.14. The molecule has 0 aromatic heterocycles. The second-order valence-electron chi connectivity index (χ2n) is 5.79. The number of fused-ring (bicyclic) bond motifs is 1. The van der Waals surface area contributed by atoms with E-state index in [0.29, 0.717) is 11.3 Å². The maximum absolute atomic E-state index is 12.0. The van der Waals surface area contributed by atoms with E-state index in [-0.39, 0.29) is 16.8 Å². The van der Waals surface area contributed by atoms with Crippen LogP contribution in [0, 0.1) is 0 Å². The smallest absolute Gasteiger partial charge is 0.341 e. The molecular formula is C17H18N4O5. The van der Waals surface area contributed by atoms with E-state index in [2.05, 4.69) is 10.2 Å². The van der Waals surface area contributed by atoms with Crippen LogP contribution in [0.25, 0.3) is 11.3 Å². The zero-order valence-corrected chi connectivity index (χ0v) is 13.9. The number of pyridine rings is 1. The average Bonchev–Trinajstić information content (AvgIpc) is 3.02. The van der Waals surface area contributed by atoms with Gasteiger partial charge in [0, 0.05) is 18.1 Å². The molecule has 2 aliphatic heterocycles. The molecule has 1 aromatic rings. The van der Waals surface area contributed by atoms with Crippen LogP contribution in [-0.2, 0) is 4.74 Å². The third kappa shape index (κ3) is 3.05. The Bertz CT molecular complexity index is 947. The van der Waals surface area contributed by atoms with Crippen LogP contribution in [0.5, 0.6) is 0 Å². The number of aliphatic hydroxyl groups excluding tert-OH is 2. The highest BCUT2D eigenvalue weighted by Crippen LogP contribution is 2.30. The Morgan fingerprint density at radius 3 is 2.65 bits per heavy atom. The Kier molecular flexibility index (Phi) is 4.74. The van der Waals surface area contributed by atoms with Crippen molar-refractivity contribution in [2.75, 3.05) is 19.5 Å². The normalized spacial score (nSPS) is 13.5. The number of anilines is 1. The van der Waals surface area contributed by atoms with Crippen molar-refractivity contribution in [3.05, 3.63) is 58.1 Å². The number of rotatable bonds is 5. The molecule has 0 aliphatic carbocycles. The van der Waals surface area contributed by atoms with Gasteiger partial charge in [0.15, 0.2) is 0 Å². The van der Waals surface area contributed by atoms with E-state index >= 15 is 0 Å². The Morgan fingerprint density at radius 2 is 2.04 bits per heavy atom. The van der Waals surface area contributed by atoms with Gasteiger partial charge >= 0.3 is 5.97 Å². The Morgan fingerprint density at radius 1 is 1.35 bits per heavy atom. The van der Waals surface area contributed by atoms with Gasteiger partial charge in [-0.15, -0.1) is 0 Å². The van der Waals surface area contributed by atoms with Crippen LogP contribution in [0.3, 0.4) is 0 Å². The Labute approximate surface area is 148 Å². The number of nitrogen functional groups attached to an aromatic ring is 1. The highest BCUT2D eigenvalue weighted by Gasteiger charge is 2.27. The van der Waals surface area contributed by atoms with Gasteiger partial charge < -0.3 is 25.3 Å². The minimum absolute atomic E-state index is 0.0475. The number of aromatic amines is 1. The van der Waals surface area contributed by atoms with Crippen LogP contribution in [0.15, 0.2) is 41.5 Å². The minimum atomic E-state index is -1.10. The lowest BCUT2D eigenvalue weighted by atomic mass is 10.0. The largest absolute Gasteiger partial charge is 0.465 e. The van der Waals surface area contributed by atoms with Crippen molar-refractivity contribution in [1.82, 2.24) is 14.8 Å². The standard InChI is InChI=1S/C17H18N4O5/c1-26-17(25)12-7-21(6-11-14(12)19-20-16(11)24)13(8-22)15(23)9-2-4-10(18)5-3-9/h2-7,13,15,22-23H,8,18H2,1H3,(H,20,24). The number of aliphatic hydroxyl groups is 2. The quantitative estimate of drug-likeness (QED) is 0.379. The summed E-state index contributed by atoms with van der Waals surface area (Å²) in [4.78, 5) is 24.0. The highest BCUT2D eigenvalue weighted by molar-refractivity contribution is 5.95. The first-order valence-electron chi connectivity index (χ1n) is 7.78. The topological polar surface area (TPSA) is 143 Å². The van der Waals surface area contributed by atoms with Crippen LogP contribution in [0.4, 0.5) is 5.69 Å². The molecule has 3 rings (SSSR count). The van der Waals surface area contributed by atoms with Crippen molar-refractivity contribution >= 4 is 11.7 Å². The number of carbonyl (C=O) groups is 1. The molecular weight excluding hydrogens is 340 g/mol. The molecule has 2 aliphatic rings. The van der Waals surface area contributed by atoms with Crippen molar-refractivity contribution in [2.45, 2.75) is 12.1 Å². The molecule has 0 amide bonds. The molecule has 5 N–H and O–H groups in total. The van der Waals surface area contributed by atoms with E-state index in [9.17, 15) is 19.8 Å². The van der Waals surface area contributed by atoms with Crippen molar-refractivity contribution in [2.24, 2.45) is 0 Å². The number of hydrogen-bond acceptors (Lipinski definition) is 7. The number of ether oxygens (including phenoxy) is 1. The maximum Gasteiger partial charge on any atom is 0.341 e. The lowest BCUT2D eigenvalue weighted by Crippen LogP contribution is -2.23. The molecule has 2 heterocycles. The molecule has 0 bridgehead atoms. The highest BCUT2D eigenvalue weighted by atomic mass is 16.5. The number of nitrogens with zero attached hydrogens (tertiary/aromatic N) is 2. The van der Waals surface area contributed by atoms with Crippen molar-refractivity contribution in [1.29, 1.82) is 0 Å². The second-order valence-corrected chi connectivity index (χ2v) is 5.79. The zero-order chi connectivity index (χ0) is 18.8. The predicted molar refractivity (Wildman–Crippen MR) is 92.7 cm³/mol. The molecule has 136 valence electrons. The summed E-state index contributed by atoms with van der Waals surface area (Å²) in [6, 6.07) is 5.69. The zero-order valence-electron chi connectivity index (χ0n) is 13.9. The number of nitrogens with two attached hydrogens (primary N) is 1. The van der Waals surface area contributed by atoms with E-state index in [0.717, 1.165) is 0 Å². The number of esters is 1. The van der Waals surface area contributed by atoms with E-state index in [1.165, 1.54) is 24.1 Å². The van der Waals surface area contributed by atoms with Gasteiger partial charge in [-0.1, -0.05) is 12.1 Å². The summed E-state index contributed by atoms with van der Waals surface area (Å²) in [6.45, 7) is -0.436. The molecule has 0 radical (unpaired) electrons. The van der Waals surface area contributed by atoms with Gasteiger partial charge in [-0.05, 0) is 17.7 Å². The Balaban J connectivity index is 2.10. The van der Waals surface area contributed by atoms with E-state index in [1.54, 1.807) is 24.3 Å². The molecule has 9 heteroatoms. The molecule has 9 nitrogen and oxygen atoms in total. The molecule has 1 aromatic carbocycles. The van der Waals surface area contributed by atoms with Gasteiger partial charge in [0.2, 0.25) is 0 Å². The second kappa shape index (κ2) is 6.98. The number of methoxy groups -OCH3 is 1. The first kappa shape index (κ1) is 17.6. The van der Waals surface area contributed by atoms with Crippen LogP contribution in [0.1, 0.15) is 28.1 Å². The fourth-order valence-corrected chi connectivity index (χ4v) is 2.78. The van der Waals surface area contributed by atoms with Gasteiger partial charge in [0.1, 0.15) is 17.4 Å². The third-order valence-electron chi connectivity index (χ3n) is 4.20. The SMILES string of the molecule is COC(=O)c1cn(C(CO)C(O)c2ccc(N)cc2)cc2c(=O)[nH]nc1-2. The summed E-state index contributed by atoms with van der Waals surface area (Å²) in [7, 11) is 1.21. The first-order valence-corrected chi connectivity index (χ1v) is 7.78. The number of carbonyl (C=O) groups excluding carboxylic acids is 1. The minimum Gasteiger partial charge on any atom is -0.465 e. The monoisotopic (exact) mass is 358 g/mol. The molecule has 0 fully saturated rings. The third-order valence-corrected chi connectivity index (χ3v) is 4.20. The van der Waals surface area contributed by atoms with Gasteiger partial charge in [-0.3, -0.25) is 4.79 Å². The van der Waals surface area contributed by atoms with Crippen LogP contribution < -0.4 is 11.3 Å². The summed E-state index contributed by atoms with van der Waals surface area (Å²) in [5, 5.41) is 26.6. The Hall–Kier alpha value is -3.17. The fourth-order valence-electron chi connectivity index (χ4n) is 2.78. The lowest BCUT2D eigenvalue weighted by molar-refractivity contribution is 0.0589. The van der Waals surface area contributed by atoms with Gasteiger partial charge in [0.25, 0.3) is 5.56 Å². The van der Waals surface area contributed by atoms with Crippen LogP contribution in [0.2, 0.25) is 0 Å². The van der Waals surface area contributed by atoms with Crippen LogP contribution >= 0.6 is 0 Å². The number of benzene rings is 1. The van der Waals surface area contributed by atoms with Crippen molar-refractivity contribution < 1.29 is 19.7 Å².